The molecule has 0 aliphatic carbocycles. The fourth-order valence-electron chi connectivity index (χ4n) is 2.05. The van der Waals surface area contributed by atoms with E-state index >= 15 is 0 Å². The van der Waals surface area contributed by atoms with Crippen LogP contribution in [-0.4, -0.2) is 35.1 Å². The van der Waals surface area contributed by atoms with Gasteiger partial charge in [-0.05, 0) is 37.1 Å². The van der Waals surface area contributed by atoms with E-state index in [2.05, 4.69) is 15.3 Å². The predicted octanol–water partition coefficient (Wildman–Crippen LogP) is 2.61. The van der Waals surface area contributed by atoms with E-state index in [1.54, 1.807) is 52.1 Å². The molecule has 1 unspecified atom stereocenters. The van der Waals surface area contributed by atoms with Crippen molar-refractivity contribution in [3.8, 4) is 5.75 Å². The molecule has 0 radical (unpaired) electrons. The maximum atomic E-state index is 12.5. The van der Waals surface area contributed by atoms with Crippen LogP contribution in [0.25, 0.3) is 0 Å². The van der Waals surface area contributed by atoms with Crippen molar-refractivity contribution in [3.63, 3.8) is 0 Å². The van der Waals surface area contributed by atoms with Gasteiger partial charge in [-0.1, -0.05) is 13.8 Å². The van der Waals surface area contributed by atoms with Gasteiger partial charge in [-0.2, -0.15) is 0 Å². The second-order valence-electron chi connectivity index (χ2n) is 5.83. The summed E-state index contributed by atoms with van der Waals surface area (Å²) in [5.41, 5.74) is 1.34. The molecule has 1 aromatic carbocycles. The minimum Gasteiger partial charge on any atom is -0.497 e. The Bertz CT molecular complexity index is 727. The molecule has 0 aliphatic rings. The summed E-state index contributed by atoms with van der Waals surface area (Å²) in [7, 11) is 1.57. The van der Waals surface area contributed by atoms with E-state index in [0.29, 0.717) is 17.1 Å². The third-order valence-corrected chi connectivity index (χ3v) is 3.45. The minimum atomic E-state index is -0.947. The van der Waals surface area contributed by atoms with Gasteiger partial charge in [0.1, 0.15) is 5.75 Å². The van der Waals surface area contributed by atoms with Gasteiger partial charge in [-0.3, -0.25) is 9.78 Å². The molecule has 1 aromatic heterocycles. The number of benzene rings is 1. The van der Waals surface area contributed by atoms with Crippen LogP contribution >= 0.6 is 0 Å². The summed E-state index contributed by atoms with van der Waals surface area (Å²) < 4.78 is 10.4. The summed E-state index contributed by atoms with van der Waals surface area (Å²) in [5.74, 6) is -0.618. The number of aromatic nitrogens is 2. The van der Waals surface area contributed by atoms with Crippen LogP contribution < -0.4 is 10.1 Å². The molecule has 0 spiro atoms. The van der Waals surface area contributed by atoms with E-state index in [9.17, 15) is 9.59 Å². The Hall–Kier alpha value is -2.96. The lowest BCUT2D eigenvalue weighted by Gasteiger charge is -2.20. The number of ether oxygens (including phenoxy) is 2. The number of anilines is 1. The molecule has 1 N–H and O–H groups in total. The molecule has 0 bridgehead atoms. The topological polar surface area (TPSA) is 90.4 Å². The number of nitrogens with zero attached hydrogens (tertiary/aromatic N) is 2. The fourth-order valence-corrected chi connectivity index (χ4v) is 2.05. The van der Waals surface area contributed by atoms with E-state index in [-0.39, 0.29) is 11.6 Å². The normalized spacial score (nSPS) is 11.7. The third-order valence-electron chi connectivity index (χ3n) is 3.45. The molecule has 1 amide bonds. The van der Waals surface area contributed by atoms with Gasteiger partial charge in [0.25, 0.3) is 5.91 Å². The summed E-state index contributed by atoms with van der Waals surface area (Å²) in [4.78, 5) is 32.6. The number of esters is 1. The van der Waals surface area contributed by atoms with Crippen molar-refractivity contribution in [2.24, 2.45) is 5.92 Å². The van der Waals surface area contributed by atoms with Crippen LogP contribution in [0.5, 0.6) is 5.75 Å². The van der Waals surface area contributed by atoms with Crippen molar-refractivity contribution in [2.45, 2.75) is 26.9 Å². The summed E-state index contributed by atoms with van der Waals surface area (Å²) in [6.07, 6.45) is 1.85. The van der Waals surface area contributed by atoms with Crippen LogP contribution in [-0.2, 0) is 9.53 Å². The highest BCUT2D eigenvalue weighted by atomic mass is 16.5. The standard InChI is InChI=1S/C18H21N3O4/c1-11(2)16(25-18(23)15-10-19-12(3)9-20-15)17(22)21-13-5-7-14(24-4)8-6-13/h5-11,16H,1-4H3,(H,21,22). The second kappa shape index (κ2) is 8.23. The first-order valence-electron chi connectivity index (χ1n) is 7.85. The Morgan fingerprint density at radius 3 is 2.28 bits per heavy atom. The molecule has 1 heterocycles. The first-order valence-corrected chi connectivity index (χ1v) is 7.85. The van der Waals surface area contributed by atoms with E-state index in [1.807, 2.05) is 0 Å². The first-order chi connectivity index (χ1) is 11.9. The lowest BCUT2D eigenvalue weighted by molar-refractivity contribution is -0.126. The lowest BCUT2D eigenvalue weighted by atomic mass is 10.1. The number of hydrogen-bond acceptors (Lipinski definition) is 6. The molecular formula is C18H21N3O4. The number of rotatable bonds is 6. The van der Waals surface area contributed by atoms with E-state index in [0.717, 1.165) is 0 Å². The van der Waals surface area contributed by atoms with Gasteiger partial charge in [0, 0.05) is 11.9 Å². The SMILES string of the molecule is COc1ccc(NC(=O)C(OC(=O)c2cnc(C)cn2)C(C)C)cc1. The van der Waals surface area contributed by atoms with Crippen molar-refractivity contribution in [1.29, 1.82) is 0 Å². The highest BCUT2D eigenvalue weighted by molar-refractivity contribution is 5.97. The number of amides is 1. The molecule has 25 heavy (non-hydrogen) atoms. The smallest absolute Gasteiger partial charge is 0.359 e. The largest absolute Gasteiger partial charge is 0.497 e. The van der Waals surface area contributed by atoms with Crippen LogP contribution in [0.3, 0.4) is 0 Å². The molecule has 0 fully saturated rings. The van der Waals surface area contributed by atoms with Crippen molar-refractivity contribution >= 4 is 17.6 Å². The lowest BCUT2D eigenvalue weighted by Crippen LogP contribution is -2.36. The van der Waals surface area contributed by atoms with Gasteiger partial charge in [-0.25, -0.2) is 9.78 Å². The molecule has 7 heteroatoms. The maximum Gasteiger partial charge on any atom is 0.359 e. The zero-order valence-corrected chi connectivity index (χ0v) is 14.6. The van der Waals surface area contributed by atoms with Crippen LogP contribution in [0.1, 0.15) is 30.0 Å². The number of hydrogen-bond donors (Lipinski definition) is 1. The summed E-state index contributed by atoms with van der Waals surface area (Å²) in [6, 6.07) is 6.88. The van der Waals surface area contributed by atoms with Crippen LogP contribution in [0.2, 0.25) is 0 Å². The molecule has 0 aliphatic heterocycles. The van der Waals surface area contributed by atoms with Crippen molar-refractivity contribution in [3.05, 3.63) is 48.0 Å². The molecule has 1 atom stereocenters. The summed E-state index contributed by atoms with van der Waals surface area (Å²) in [6.45, 7) is 5.36. The predicted molar refractivity (Wildman–Crippen MR) is 92.4 cm³/mol. The fraction of sp³-hybridized carbons (Fsp3) is 0.333. The van der Waals surface area contributed by atoms with Crippen LogP contribution in [0.15, 0.2) is 36.7 Å². The van der Waals surface area contributed by atoms with Gasteiger partial charge >= 0.3 is 5.97 Å². The molecule has 132 valence electrons. The molecule has 2 rings (SSSR count). The van der Waals surface area contributed by atoms with Gasteiger partial charge in [0.2, 0.25) is 0 Å². The second-order valence-corrected chi connectivity index (χ2v) is 5.83. The Morgan fingerprint density at radius 1 is 1.08 bits per heavy atom. The number of carbonyl (C=O) groups excluding carboxylic acids is 2. The molecule has 7 nitrogen and oxygen atoms in total. The van der Waals surface area contributed by atoms with E-state index in [1.165, 1.54) is 12.4 Å². The Kier molecular flexibility index (Phi) is 6.05. The van der Waals surface area contributed by atoms with Gasteiger partial charge in [-0.15, -0.1) is 0 Å². The van der Waals surface area contributed by atoms with Gasteiger partial charge in [0.15, 0.2) is 11.8 Å². The summed E-state index contributed by atoms with van der Waals surface area (Å²) >= 11 is 0. The molecule has 2 aromatic rings. The average molecular weight is 343 g/mol. The third kappa shape index (κ3) is 5.00. The minimum absolute atomic E-state index is 0.0634. The number of methoxy groups -OCH3 is 1. The van der Waals surface area contributed by atoms with Crippen molar-refractivity contribution in [1.82, 2.24) is 9.97 Å². The zero-order valence-electron chi connectivity index (χ0n) is 14.6. The molecule has 0 saturated carbocycles. The number of carbonyl (C=O) groups is 2. The average Bonchev–Trinajstić information content (AvgIpc) is 2.60. The Morgan fingerprint density at radius 2 is 1.76 bits per heavy atom. The van der Waals surface area contributed by atoms with Crippen molar-refractivity contribution < 1.29 is 19.1 Å². The Balaban J connectivity index is 2.06. The van der Waals surface area contributed by atoms with E-state index < -0.39 is 18.0 Å². The van der Waals surface area contributed by atoms with Gasteiger partial charge in [0.05, 0.1) is 19.0 Å². The van der Waals surface area contributed by atoms with Gasteiger partial charge < -0.3 is 14.8 Å². The monoisotopic (exact) mass is 343 g/mol. The first kappa shape index (κ1) is 18.4. The van der Waals surface area contributed by atoms with Crippen LogP contribution in [0, 0.1) is 12.8 Å². The van der Waals surface area contributed by atoms with Crippen LogP contribution in [0.4, 0.5) is 5.69 Å². The zero-order chi connectivity index (χ0) is 18.4. The van der Waals surface area contributed by atoms with Crippen molar-refractivity contribution in [2.75, 3.05) is 12.4 Å². The quantitative estimate of drug-likeness (QED) is 0.811. The number of nitrogens with one attached hydrogen (secondary N) is 1. The highest BCUT2D eigenvalue weighted by Crippen LogP contribution is 2.17. The molecule has 0 saturated heterocycles. The molecular weight excluding hydrogens is 322 g/mol. The van der Waals surface area contributed by atoms with E-state index in [4.69, 9.17) is 9.47 Å². The summed E-state index contributed by atoms with van der Waals surface area (Å²) in [5, 5.41) is 2.73. The highest BCUT2D eigenvalue weighted by Gasteiger charge is 2.27. The maximum absolute atomic E-state index is 12.5. The Labute approximate surface area is 146 Å². The number of aryl methyl sites for hydroxylation is 1.